The Morgan fingerprint density at radius 2 is 1.91 bits per heavy atom. The van der Waals surface area contributed by atoms with Gasteiger partial charge in [-0.1, -0.05) is 0 Å². The van der Waals surface area contributed by atoms with E-state index in [1.807, 2.05) is 0 Å². The molecule has 2 aromatic rings. The molecular weight excluding hydrogens is 490 g/mol. The molecule has 14 heteroatoms. The average Bonchev–Trinajstić information content (AvgIpc) is 3.16. The van der Waals surface area contributed by atoms with Crippen LogP contribution in [0.2, 0.25) is 0 Å². The first kappa shape index (κ1) is 26.9. The number of ether oxygens (including phenoxy) is 4. The minimum Gasteiger partial charge on any atom is -0.494 e. The molecule has 2 heterocycles. The molecule has 0 aliphatic carbocycles. The van der Waals surface area contributed by atoms with E-state index in [1.54, 1.807) is 6.92 Å². The van der Waals surface area contributed by atoms with Crippen molar-refractivity contribution >= 4 is 52.7 Å². The van der Waals surface area contributed by atoms with Gasteiger partial charge in [0.1, 0.15) is 21.0 Å². The molecule has 0 atom stereocenters. The zero-order chi connectivity index (χ0) is 25.4. The molecule has 2 rings (SSSR count). The van der Waals surface area contributed by atoms with Crippen LogP contribution in [0.1, 0.15) is 38.1 Å². The van der Waals surface area contributed by atoms with E-state index < -0.39 is 35.8 Å². The Morgan fingerprint density at radius 1 is 1.21 bits per heavy atom. The fraction of sp³-hybridized carbons (Fsp3) is 0.400. The van der Waals surface area contributed by atoms with Crippen molar-refractivity contribution in [3.05, 3.63) is 36.7 Å². The Labute approximate surface area is 202 Å². The number of nitrogens with one attached hydrogen (secondary N) is 1. The maximum Gasteiger partial charge on any atom is 0.348 e. The minimum atomic E-state index is -0.839. The first-order valence-electron chi connectivity index (χ1n) is 9.77. The van der Waals surface area contributed by atoms with Crippen LogP contribution in [-0.2, 0) is 36.7 Å². The number of nitrogens with zero attached hydrogens (tertiary/aromatic N) is 2. The summed E-state index contributed by atoms with van der Waals surface area (Å²) >= 11 is 5.82. The highest BCUT2D eigenvalue weighted by Gasteiger charge is 2.30. The van der Waals surface area contributed by atoms with Gasteiger partial charge in [0.15, 0.2) is 4.77 Å². The third-order valence-corrected chi connectivity index (χ3v) is 5.87. The summed E-state index contributed by atoms with van der Waals surface area (Å²) in [5.74, 6) is -2.82. The van der Waals surface area contributed by atoms with E-state index in [-0.39, 0.29) is 51.1 Å². The van der Waals surface area contributed by atoms with Crippen LogP contribution in [-0.4, -0.2) is 73.3 Å². The summed E-state index contributed by atoms with van der Waals surface area (Å²) in [5.41, 5.74) is -1.11. The van der Waals surface area contributed by atoms with Gasteiger partial charge in [-0.3, -0.25) is 19.1 Å². The summed E-state index contributed by atoms with van der Waals surface area (Å²) in [6, 6.07) is 0. The molecule has 0 aromatic carbocycles. The van der Waals surface area contributed by atoms with Crippen LogP contribution < -0.4 is 5.56 Å². The van der Waals surface area contributed by atoms with E-state index in [1.165, 1.54) is 11.7 Å². The molecule has 0 fully saturated rings. The number of aromatic amines is 1. The van der Waals surface area contributed by atoms with Crippen LogP contribution >= 0.6 is 23.6 Å². The van der Waals surface area contributed by atoms with Gasteiger partial charge in [0.2, 0.25) is 5.88 Å². The predicted molar refractivity (Wildman–Crippen MR) is 124 cm³/mol. The molecule has 34 heavy (non-hydrogen) atoms. The van der Waals surface area contributed by atoms with Gasteiger partial charge < -0.3 is 24.1 Å². The van der Waals surface area contributed by atoms with Gasteiger partial charge in [-0.2, -0.15) is 0 Å². The summed E-state index contributed by atoms with van der Waals surface area (Å²) in [4.78, 5) is 55.9. The summed E-state index contributed by atoms with van der Waals surface area (Å²) in [6.07, 6.45) is 0.596. The van der Waals surface area contributed by atoms with E-state index in [0.29, 0.717) is 0 Å². The van der Waals surface area contributed by atoms with Gasteiger partial charge in [0, 0.05) is 18.9 Å². The second kappa shape index (κ2) is 12.2. The van der Waals surface area contributed by atoms with Crippen LogP contribution in [0.15, 0.2) is 9.79 Å². The van der Waals surface area contributed by atoms with Crippen LogP contribution in [0.4, 0.5) is 5.00 Å². The lowest BCUT2D eigenvalue weighted by Crippen LogP contribution is -2.20. The summed E-state index contributed by atoms with van der Waals surface area (Å²) in [5, 5.41) is 10.5. The van der Waals surface area contributed by atoms with Gasteiger partial charge in [-0.15, -0.1) is 11.3 Å². The van der Waals surface area contributed by atoms with Crippen LogP contribution in [0.5, 0.6) is 5.88 Å². The molecule has 0 aliphatic rings. The summed E-state index contributed by atoms with van der Waals surface area (Å²) < 4.78 is 20.7. The van der Waals surface area contributed by atoms with Crippen LogP contribution in [0.3, 0.4) is 0 Å². The van der Waals surface area contributed by atoms with Gasteiger partial charge >= 0.3 is 17.9 Å². The smallest absolute Gasteiger partial charge is 0.348 e. The number of hydrogen-bond donors (Lipinski definition) is 2. The van der Waals surface area contributed by atoms with E-state index in [4.69, 9.17) is 26.4 Å². The molecule has 0 unspecified atom stereocenters. The van der Waals surface area contributed by atoms with Crippen molar-refractivity contribution in [1.82, 2.24) is 9.55 Å². The van der Waals surface area contributed by atoms with E-state index >= 15 is 0 Å². The first-order valence-corrected chi connectivity index (χ1v) is 11.0. The van der Waals surface area contributed by atoms with Gasteiger partial charge in [0.25, 0.3) is 5.56 Å². The molecule has 2 aromatic heterocycles. The highest BCUT2D eigenvalue weighted by molar-refractivity contribution is 7.71. The average molecular weight is 514 g/mol. The van der Waals surface area contributed by atoms with E-state index in [9.17, 15) is 24.3 Å². The largest absolute Gasteiger partial charge is 0.494 e. The number of hydrogen-bond acceptors (Lipinski definition) is 12. The minimum absolute atomic E-state index is 0.0171. The fourth-order valence-corrected chi connectivity index (χ4v) is 4.15. The number of esters is 3. The second-order valence-electron chi connectivity index (χ2n) is 6.45. The molecule has 0 saturated heterocycles. The third-order valence-electron chi connectivity index (χ3n) is 4.42. The number of aliphatic imine (C=N–C) groups is 1. The van der Waals surface area contributed by atoms with Crippen LogP contribution in [0, 0.1) is 4.77 Å². The standard InChI is InChI=1S/C20H23N3O9S2/c1-5-32-18(27)13-10(8-12(24)30-3)14(19(28)31-4)34-16(13)21-9-11-15(25)22-20(33)23(17(11)26)6-7-29-2/h9,26H,5-8H2,1-4H3,(H,22,25,33). The van der Waals surface area contributed by atoms with Crippen molar-refractivity contribution in [3.63, 3.8) is 0 Å². The Hall–Kier alpha value is -3.36. The Kier molecular flexibility index (Phi) is 9.65. The molecular formula is C20H23N3O9S2. The lowest BCUT2D eigenvalue weighted by atomic mass is 10.1. The maximum absolute atomic E-state index is 12.7. The highest BCUT2D eigenvalue weighted by atomic mass is 32.1. The summed E-state index contributed by atoms with van der Waals surface area (Å²) in [7, 11) is 3.77. The number of thiophene rings is 1. The number of aromatic hydroxyl groups is 1. The van der Waals surface area contributed by atoms with Crippen molar-refractivity contribution in [2.24, 2.45) is 4.99 Å². The molecule has 0 bridgehead atoms. The monoisotopic (exact) mass is 513 g/mol. The molecule has 0 amide bonds. The van der Waals surface area contributed by atoms with Gasteiger partial charge in [0.05, 0.1) is 40.4 Å². The fourth-order valence-electron chi connectivity index (χ4n) is 2.80. The van der Waals surface area contributed by atoms with Crippen molar-refractivity contribution < 1.29 is 38.4 Å². The van der Waals surface area contributed by atoms with Crippen LogP contribution in [0.25, 0.3) is 0 Å². The highest BCUT2D eigenvalue weighted by Crippen LogP contribution is 2.37. The Morgan fingerprint density at radius 3 is 2.50 bits per heavy atom. The number of aromatic nitrogens is 2. The van der Waals surface area contributed by atoms with Crippen molar-refractivity contribution in [3.8, 4) is 5.88 Å². The lowest BCUT2D eigenvalue weighted by Gasteiger charge is -2.10. The number of H-pyrrole nitrogens is 1. The zero-order valence-electron chi connectivity index (χ0n) is 18.8. The molecule has 12 nitrogen and oxygen atoms in total. The normalized spacial score (nSPS) is 10.9. The Balaban J connectivity index is 2.70. The van der Waals surface area contributed by atoms with Gasteiger partial charge in [-0.25, -0.2) is 14.6 Å². The SMILES string of the molecule is CCOC(=O)c1c(N=Cc2c(O)n(CCOC)c(=S)[nH]c2=O)sc(C(=O)OC)c1CC(=O)OC. The third kappa shape index (κ3) is 5.95. The summed E-state index contributed by atoms with van der Waals surface area (Å²) in [6.45, 7) is 1.97. The maximum atomic E-state index is 12.7. The molecule has 0 spiro atoms. The van der Waals surface area contributed by atoms with Gasteiger partial charge in [-0.05, 0) is 19.1 Å². The Bertz CT molecular complexity index is 1230. The molecule has 0 aliphatic heterocycles. The number of rotatable bonds is 10. The molecule has 2 N–H and O–H groups in total. The molecule has 184 valence electrons. The number of carbonyl (C=O) groups is 3. The number of methoxy groups -OCH3 is 3. The van der Waals surface area contributed by atoms with Crippen molar-refractivity contribution in [1.29, 1.82) is 0 Å². The second-order valence-corrected chi connectivity index (χ2v) is 7.84. The quantitative estimate of drug-likeness (QED) is 0.207. The number of carbonyl (C=O) groups excluding carboxylic acids is 3. The first-order chi connectivity index (χ1) is 16.2. The van der Waals surface area contributed by atoms with Crippen molar-refractivity contribution in [2.75, 3.05) is 34.5 Å². The van der Waals surface area contributed by atoms with E-state index in [0.717, 1.165) is 31.8 Å². The lowest BCUT2D eigenvalue weighted by molar-refractivity contribution is -0.139. The topological polar surface area (TPSA) is 159 Å². The predicted octanol–water partition coefficient (Wildman–Crippen LogP) is 1.75. The zero-order valence-corrected chi connectivity index (χ0v) is 20.5. The van der Waals surface area contributed by atoms with Crippen molar-refractivity contribution in [2.45, 2.75) is 19.9 Å². The molecule has 0 radical (unpaired) electrons. The van der Waals surface area contributed by atoms with E-state index in [2.05, 4.69) is 14.7 Å². The molecule has 0 saturated carbocycles.